The molecule has 2 aliphatic heterocycles. The molecule has 7 nitrogen and oxygen atoms in total. The van der Waals surface area contributed by atoms with Crippen LogP contribution < -0.4 is 15.1 Å². The van der Waals surface area contributed by atoms with Crippen molar-refractivity contribution in [2.24, 2.45) is 0 Å². The number of amides is 2. The molecule has 2 amide bonds. The van der Waals surface area contributed by atoms with Gasteiger partial charge in [-0.1, -0.05) is 0 Å². The molecule has 0 unspecified atom stereocenters. The fraction of sp³-hybridized carbons (Fsp3) is 0.467. The molecule has 23 heavy (non-hydrogen) atoms. The van der Waals surface area contributed by atoms with Crippen molar-refractivity contribution in [3.05, 3.63) is 24.3 Å². The molecule has 0 aliphatic carbocycles. The smallest absolute Gasteiger partial charge is 0.285 e. The lowest BCUT2D eigenvalue weighted by molar-refractivity contribution is -0.915. The average molecular weight is 338 g/mol. The fourth-order valence-electron chi connectivity index (χ4n) is 3.19. The molecular formula is C15H20N3O4S+. The first-order chi connectivity index (χ1) is 10.8. The van der Waals surface area contributed by atoms with E-state index in [2.05, 4.69) is 10.2 Å². The van der Waals surface area contributed by atoms with E-state index in [4.69, 9.17) is 0 Å². The van der Waals surface area contributed by atoms with Gasteiger partial charge in [0.1, 0.15) is 0 Å². The Morgan fingerprint density at radius 1 is 1.13 bits per heavy atom. The van der Waals surface area contributed by atoms with Crippen LogP contribution in [0, 0.1) is 0 Å². The van der Waals surface area contributed by atoms with E-state index < -0.39 is 9.84 Å². The van der Waals surface area contributed by atoms with Crippen molar-refractivity contribution >= 4 is 27.3 Å². The van der Waals surface area contributed by atoms with Gasteiger partial charge in [0, 0.05) is 11.9 Å². The van der Waals surface area contributed by atoms with Crippen molar-refractivity contribution in [1.29, 1.82) is 0 Å². The van der Waals surface area contributed by atoms with Crippen LogP contribution in [0.15, 0.2) is 29.2 Å². The van der Waals surface area contributed by atoms with Crippen LogP contribution in [-0.2, 0) is 19.4 Å². The maximum Gasteiger partial charge on any atom is 0.285 e. The summed E-state index contributed by atoms with van der Waals surface area (Å²) < 4.78 is 23.0. The van der Waals surface area contributed by atoms with Gasteiger partial charge in [0.05, 0.1) is 37.5 Å². The van der Waals surface area contributed by atoms with E-state index >= 15 is 0 Å². The summed E-state index contributed by atoms with van der Waals surface area (Å²) in [6.07, 6.45) is 1.47. The van der Waals surface area contributed by atoms with E-state index in [1.165, 1.54) is 6.26 Å². The predicted octanol–water partition coefficient (Wildman–Crippen LogP) is -1.79. The number of hydrogen-bond donors (Lipinski definition) is 2. The Morgan fingerprint density at radius 3 is 2.22 bits per heavy atom. The summed E-state index contributed by atoms with van der Waals surface area (Å²) in [5, 5.41) is 2.36. The molecule has 124 valence electrons. The molecule has 8 heteroatoms. The van der Waals surface area contributed by atoms with Gasteiger partial charge in [0.15, 0.2) is 15.9 Å². The minimum Gasteiger partial charge on any atom is -0.360 e. The Balaban J connectivity index is 1.63. The van der Waals surface area contributed by atoms with Gasteiger partial charge in [-0.25, -0.2) is 8.42 Å². The summed E-state index contributed by atoms with van der Waals surface area (Å²) in [6, 6.07) is 6.60. The van der Waals surface area contributed by atoms with Gasteiger partial charge in [-0.05, 0) is 24.3 Å². The monoisotopic (exact) mass is 338 g/mol. The number of sulfone groups is 1. The molecule has 2 heterocycles. The zero-order valence-electron chi connectivity index (χ0n) is 12.9. The molecule has 0 radical (unpaired) electrons. The van der Waals surface area contributed by atoms with Gasteiger partial charge >= 0.3 is 0 Å². The highest BCUT2D eigenvalue weighted by molar-refractivity contribution is 7.90. The van der Waals surface area contributed by atoms with Crippen molar-refractivity contribution < 1.29 is 22.9 Å². The summed E-state index contributed by atoms with van der Waals surface area (Å²) in [5.41, 5.74) is 0.975. The predicted molar refractivity (Wildman–Crippen MR) is 84.0 cm³/mol. The van der Waals surface area contributed by atoms with Crippen molar-refractivity contribution in [1.82, 2.24) is 5.32 Å². The molecular weight excluding hydrogens is 318 g/mol. The fourth-order valence-corrected chi connectivity index (χ4v) is 3.82. The van der Waals surface area contributed by atoms with Crippen LogP contribution in [0.1, 0.15) is 6.42 Å². The van der Waals surface area contributed by atoms with E-state index in [-0.39, 0.29) is 24.3 Å². The van der Waals surface area contributed by atoms with E-state index in [0.29, 0.717) is 4.90 Å². The van der Waals surface area contributed by atoms with Crippen LogP contribution in [-0.4, -0.2) is 58.7 Å². The molecule has 0 aromatic heterocycles. The number of carbonyl (C=O) groups is 2. The number of quaternary nitrogens is 1. The standard InChI is InChI=1S/C15H19N3O4S/c1-23(21,22)12-4-2-11(3-5-12)17-6-8-18(9-7-17)13-10-14(19)16-15(13)20/h2-5,13H,6-10H2,1H3,(H,16,19,20)/p+1/t13-/m1/s1. The molecule has 1 aromatic rings. The van der Waals surface area contributed by atoms with Crippen molar-refractivity contribution in [2.75, 3.05) is 37.3 Å². The largest absolute Gasteiger partial charge is 0.360 e. The van der Waals surface area contributed by atoms with Gasteiger partial charge < -0.3 is 9.80 Å². The number of rotatable bonds is 3. The Kier molecular flexibility index (Phi) is 4.11. The van der Waals surface area contributed by atoms with Gasteiger partial charge in [0.25, 0.3) is 5.91 Å². The molecule has 0 spiro atoms. The van der Waals surface area contributed by atoms with E-state index in [1.54, 1.807) is 12.1 Å². The summed E-state index contributed by atoms with van der Waals surface area (Å²) >= 11 is 0. The van der Waals surface area contributed by atoms with Gasteiger partial charge in [0.2, 0.25) is 5.91 Å². The zero-order chi connectivity index (χ0) is 16.6. The van der Waals surface area contributed by atoms with Crippen LogP contribution in [0.4, 0.5) is 5.69 Å². The van der Waals surface area contributed by atoms with Gasteiger partial charge in [-0.2, -0.15) is 0 Å². The third-order valence-electron chi connectivity index (χ3n) is 4.50. The Bertz CT molecular complexity index is 722. The first-order valence-corrected chi connectivity index (χ1v) is 9.47. The Labute approximate surface area is 135 Å². The number of carbonyl (C=O) groups excluding carboxylic acids is 2. The van der Waals surface area contributed by atoms with Crippen LogP contribution in [0.2, 0.25) is 0 Å². The number of nitrogens with zero attached hydrogens (tertiary/aromatic N) is 1. The zero-order valence-corrected chi connectivity index (χ0v) is 13.7. The summed E-state index contributed by atoms with van der Waals surface area (Å²) in [4.78, 5) is 26.7. The van der Waals surface area contributed by atoms with Crippen LogP contribution in [0.5, 0.6) is 0 Å². The van der Waals surface area contributed by atoms with Gasteiger partial charge in [-0.3, -0.25) is 14.9 Å². The lowest BCUT2D eigenvalue weighted by Gasteiger charge is -2.35. The van der Waals surface area contributed by atoms with Crippen molar-refractivity contribution in [3.8, 4) is 0 Å². The Morgan fingerprint density at radius 2 is 1.74 bits per heavy atom. The maximum absolute atomic E-state index is 11.7. The minimum absolute atomic E-state index is 0.170. The number of nitrogens with one attached hydrogen (secondary N) is 2. The van der Waals surface area contributed by atoms with Crippen LogP contribution in [0.3, 0.4) is 0 Å². The summed E-state index contributed by atoms with van der Waals surface area (Å²) in [7, 11) is -3.18. The molecule has 3 rings (SSSR count). The quantitative estimate of drug-likeness (QED) is 0.636. The molecule has 2 saturated heterocycles. The number of hydrogen-bond acceptors (Lipinski definition) is 5. The third-order valence-corrected chi connectivity index (χ3v) is 5.63. The molecule has 0 bridgehead atoms. The molecule has 2 aliphatic rings. The summed E-state index contributed by atoms with van der Waals surface area (Å²) in [5.74, 6) is -0.359. The second kappa shape index (κ2) is 5.93. The Hall–Kier alpha value is -1.93. The number of benzene rings is 1. The van der Waals surface area contributed by atoms with Crippen LogP contribution in [0.25, 0.3) is 0 Å². The first-order valence-electron chi connectivity index (χ1n) is 7.58. The molecule has 2 N–H and O–H groups in total. The molecule has 1 aromatic carbocycles. The summed E-state index contributed by atoms with van der Waals surface area (Å²) in [6.45, 7) is 3.09. The second-order valence-corrected chi connectivity index (χ2v) is 8.10. The minimum atomic E-state index is -3.18. The van der Waals surface area contributed by atoms with E-state index in [9.17, 15) is 18.0 Å². The highest BCUT2D eigenvalue weighted by Crippen LogP contribution is 2.18. The van der Waals surface area contributed by atoms with Crippen molar-refractivity contribution in [2.45, 2.75) is 17.4 Å². The maximum atomic E-state index is 11.7. The topological polar surface area (TPSA) is 88.0 Å². The number of imide groups is 1. The lowest BCUT2D eigenvalue weighted by Crippen LogP contribution is -3.19. The molecule has 2 fully saturated rings. The average Bonchev–Trinajstić information content (AvgIpc) is 2.85. The van der Waals surface area contributed by atoms with Gasteiger partial charge in [-0.15, -0.1) is 0 Å². The van der Waals surface area contributed by atoms with Crippen LogP contribution >= 0.6 is 0 Å². The normalized spacial score (nSPS) is 23.2. The third kappa shape index (κ3) is 3.37. The van der Waals surface area contributed by atoms with Crippen molar-refractivity contribution in [3.63, 3.8) is 0 Å². The lowest BCUT2D eigenvalue weighted by atomic mass is 10.1. The molecule has 1 atom stereocenters. The number of piperazine rings is 1. The highest BCUT2D eigenvalue weighted by atomic mass is 32.2. The van der Waals surface area contributed by atoms with E-state index in [1.807, 2.05) is 12.1 Å². The SMILES string of the molecule is CS(=O)(=O)c1ccc(N2CC[NH+]([C@@H]3CC(=O)NC3=O)CC2)cc1. The highest BCUT2D eigenvalue weighted by Gasteiger charge is 2.40. The van der Waals surface area contributed by atoms with E-state index in [0.717, 1.165) is 36.8 Å². The first kappa shape index (κ1) is 15.9. The molecule has 0 saturated carbocycles. The number of anilines is 1. The second-order valence-electron chi connectivity index (χ2n) is 6.08.